The number of carbonyl (C=O) groups is 1. The molecule has 2 aromatic rings. The minimum Gasteiger partial charge on any atom is -0.493 e. The van der Waals surface area contributed by atoms with E-state index >= 15 is 0 Å². The summed E-state index contributed by atoms with van der Waals surface area (Å²) in [6.45, 7) is 2.17. The molecule has 0 saturated carbocycles. The maximum Gasteiger partial charge on any atom is 0.222 e. The van der Waals surface area contributed by atoms with Crippen LogP contribution in [-0.2, 0) is 17.8 Å². The van der Waals surface area contributed by atoms with Gasteiger partial charge in [-0.3, -0.25) is 9.79 Å². The van der Waals surface area contributed by atoms with Gasteiger partial charge in [0.05, 0.1) is 14.2 Å². The van der Waals surface area contributed by atoms with Crippen molar-refractivity contribution in [1.29, 1.82) is 0 Å². The molecular weight excluding hydrogens is 507 g/mol. The fraction of sp³-hybridized carbons (Fsp3) is 0.391. The predicted octanol–water partition coefficient (Wildman–Crippen LogP) is 3.67. The van der Waals surface area contributed by atoms with Gasteiger partial charge in [-0.2, -0.15) is 0 Å². The molecule has 1 aliphatic rings. The third-order valence-electron chi connectivity index (χ3n) is 5.21. The van der Waals surface area contributed by atoms with Gasteiger partial charge in [-0.25, -0.2) is 0 Å². The largest absolute Gasteiger partial charge is 0.493 e. The van der Waals surface area contributed by atoms with Crippen molar-refractivity contribution in [2.75, 3.05) is 39.7 Å². The third-order valence-corrected chi connectivity index (χ3v) is 5.21. The Balaban J connectivity index is 0.00000341. The van der Waals surface area contributed by atoms with Gasteiger partial charge >= 0.3 is 0 Å². The standard InChI is InChI=1S/C23H30N4O3.HI/c1-24-23(26-19-10-11-20(29-2)21(15-19)30-3)25-13-6-9-22(28)27-14-12-17-7-4-5-8-18(17)16-27;/h4-5,7-8,10-11,15H,6,9,12-14,16H2,1-3H3,(H2,24,25,26);1H. The van der Waals surface area contributed by atoms with Crippen LogP contribution in [0.3, 0.4) is 0 Å². The summed E-state index contributed by atoms with van der Waals surface area (Å²) in [4.78, 5) is 18.8. The third kappa shape index (κ3) is 6.75. The van der Waals surface area contributed by atoms with E-state index in [2.05, 4.69) is 33.8 Å². The number of aliphatic imine (C=N–C) groups is 1. The van der Waals surface area contributed by atoms with Gasteiger partial charge in [-0.05, 0) is 36.1 Å². The van der Waals surface area contributed by atoms with E-state index in [0.717, 1.165) is 25.1 Å². The van der Waals surface area contributed by atoms with Crippen LogP contribution < -0.4 is 20.1 Å². The molecule has 0 aliphatic carbocycles. The molecule has 0 saturated heterocycles. The lowest BCUT2D eigenvalue weighted by Crippen LogP contribution is -2.36. The van der Waals surface area contributed by atoms with E-state index in [1.807, 2.05) is 29.2 Å². The van der Waals surface area contributed by atoms with Crippen molar-refractivity contribution >= 4 is 41.5 Å². The molecule has 7 nitrogen and oxygen atoms in total. The number of ether oxygens (including phenoxy) is 2. The van der Waals surface area contributed by atoms with Gasteiger partial charge < -0.3 is 25.0 Å². The number of methoxy groups -OCH3 is 2. The van der Waals surface area contributed by atoms with Crippen molar-refractivity contribution in [3.8, 4) is 11.5 Å². The van der Waals surface area contributed by atoms with Gasteiger partial charge in [0, 0.05) is 44.9 Å². The Hall–Kier alpha value is -2.49. The summed E-state index contributed by atoms with van der Waals surface area (Å²) >= 11 is 0. The van der Waals surface area contributed by atoms with Crippen molar-refractivity contribution in [2.45, 2.75) is 25.8 Å². The SMILES string of the molecule is CN=C(NCCCC(=O)N1CCc2ccccc2C1)Nc1ccc(OC)c(OC)c1.I. The minimum absolute atomic E-state index is 0. The zero-order chi connectivity index (χ0) is 21.3. The molecule has 1 aliphatic heterocycles. The number of hydrogen-bond acceptors (Lipinski definition) is 4. The van der Waals surface area contributed by atoms with Crippen molar-refractivity contribution in [3.05, 3.63) is 53.6 Å². The molecule has 0 bridgehead atoms. The number of hydrogen-bond donors (Lipinski definition) is 2. The van der Waals surface area contributed by atoms with Crippen LogP contribution in [0.1, 0.15) is 24.0 Å². The first-order valence-corrected chi connectivity index (χ1v) is 10.2. The van der Waals surface area contributed by atoms with Crippen molar-refractivity contribution in [3.63, 3.8) is 0 Å². The summed E-state index contributed by atoms with van der Waals surface area (Å²) < 4.78 is 10.6. The van der Waals surface area contributed by atoms with Gasteiger partial charge in [0.2, 0.25) is 5.91 Å². The molecule has 1 heterocycles. The number of halogens is 1. The molecule has 0 spiro atoms. The summed E-state index contributed by atoms with van der Waals surface area (Å²) in [6.07, 6.45) is 2.19. The number of guanidine groups is 1. The Kier molecular flexibility index (Phi) is 9.90. The molecule has 0 fully saturated rings. The zero-order valence-corrected chi connectivity index (χ0v) is 20.6. The van der Waals surface area contributed by atoms with Crippen LogP contribution in [0, 0.1) is 0 Å². The Labute approximate surface area is 201 Å². The minimum atomic E-state index is 0. The second kappa shape index (κ2) is 12.4. The number of fused-ring (bicyclic) bond motifs is 1. The lowest BCUT2D eigenvalue weighted by molar-refractivity contribution is -0.132. The number of amides is 1. The molecule has 168 valence electrons. The van der Waals surface area contributed by atoms with E-state index < -0.39 is 0 Å². The van der Waals surface area contributed by atoms with E-state index in [0.29, 0.717) is 37.0 Å². The Morgan fingerprint density at radius 2 is 1.84 bits per heavy atom. The van der Waals surface area contributed by atoms with Crippen LogP contribution in [0.25, 0.3) is 0 Å². The molecule has 0 radical (unpaired) electrons. The second-order valence-corrected chi connectivity index (χ2v) is 7.13. The van der Waals surface area contributed by atoms with Crippen molar-refractivity contribution < 1.29 is 14.3 Å². The van der Waals surface area contributed by atoms with Crippen molar-refractivity contribution in [1.82, 2.24) is 10.2 Å². The first kappa shape index (κ1) is 24.8. The first-order chi connectivity index (χ1) is 14.6. The van der Waals surface area contributed by atoms with Crippen molar-refractivity contribution in [2.24, 2.45) is 4.99 Å². The highest BCUT2D eigenvalue weighted by Gasteiger charge is 2.19. The van der Waals surface area contributed by atoms with E-state index in [1.54, 1.807) is 21.3 Å². The molecule has 8 heteroatoms. The molecule has 0 atom stereocenters. The molecule has 0 unspecified atom stereocenters. The van der Waals surface area contributed by atoms with Gasteiger partial charge in [-0.15, -0.1) is 24.0 Å². The van der Waals surface area contributed by atoms with Gasteiger partial charge in [0.1, 0.15) is 0 Å². The Bertz CT molecular complexity index is 904. The topological polar surface area (TPSA) is 75.2 Å². The van der Waals surface area contributed by atoms with E-state index in [-0.39, 0.29) is 29.9 Å². The summed E-state index contributed by atoms with van der Waals surface area (Å²) in [5, 5.41) is 6.48. The number of nitrogens with one attached hydrogen (secondary N) is 2. The highest BCUT2D eigenvalue weighted by molar-refractivity contribution is 14.0. The monoisotopic (exact) mass is 538 g/mol. The van der Waals surface area contributed by atoms with E-state index in [9.17, 15) is 4.79 Å². The molecule has 2 aromatic carbocycles. The molecule has 2 N–H and O–H groups in total. The van der Waals surface area contributed by atoms with Crippen LogP contribution in [0.5, 0.6) is 11.5 Å². The van der Waals surface area contributed by atoms with Gasteiger partial charge in [-0.1, -0.05) is 24.3 Å². The quantitative estimate of drug-likeness (QED) is 0.244. The second-order valence-electron chi connectivity index (χ2n) is 7.13. The van der Waals surface area contributed by atoms with Crippen LogP contribution in [0.15, 0.2) is 47.5 Å². The molecule has 0 aromatic heterocycles. The van der Waals surface area contributed by atoms with Crippen LogP contribution in [0.2, 0.25) is 0 Å². The number of nitrogens with zero attached hydrogens (tertiary/aromatic N) is 2. The highest BCUT2D eigenvalue weighted by atomic mass is 127. The fourth-order valence-electron chi connectivity index (χ4n) is 3.54. The number of rotatable bonds is 7. The Morgan fingerprint density at radius 1 is 1.10 bits per heavy atom. The van der Waals surface area contributed by atoms with E-state index in [4.69, 9.17) is 9.47 Å². The highest BCUT2D eigenvalue weighted by Crippen LogP contribution is 2.29. The smallest absolute Gasteiger partial charge is 0.222 e. The number of benzene rings is 2. The predicted molar refractivity (Wildman–Crippen MR) is 135 cm³/mol. The van der Waals surface area contributed by atoms with Crippen LogP contribution in [0.4, 0.5) is 5.69 Å². The molecule has 1 amide bonds. The molecule has 3 rings (SSSR count). The maximum absolute atomic E-state index is 12.6. The van der Waals surface area contributed by atoms with Gasteiger partial charge in [0.25, 0.3) is 0 Å². The number of anilines is 1. The average molecular weight is 538 g/mol. The maximum atomic E-state index is 12.6. The van der Waals surface area contributed by atoms with Gasteiger partial charge in [0.15, 0.2) is 17.5 Å². The lowest BCUT2D eigenvalue weighted by Gasteiger charge is -2.29. The first-order valence-electron chi connectivity index (χ1n) is 10.2. The van der Waals surface area contributed by atoms with E-state index in [1.165, 1.54) is 11.1 Å². The summed E-state index contributed by atoms with van der Waals surface area (Å²) in [7, 11) is 4.93. The number of carbonyl (C=O) groups excluding carboxylic acids is 1. The zero-order valence-electron chi connectivity index (χ0n) is 18.3. The van der Waals surface area contributed by atoms with Crippen LogP contribution in [-0.4, -0.2) is 51.1 Å². The summed E-state index contributed by atoms with van der Waals surface area (Å²) in [5.74, 6) is 2.16. The van der Waals surface area contributed by atoms with Crippen LogP contribution >= 0.6 is 24.0 Å². The Morgan fingerprint density at radius 3 is 2.55 bits per heavy atom. The summed E-state index contributed by atoms with van der Waals surface area (Å²) in [5.41, 5.74) is 3.45. The lowest BCUT2D eigenvalue weighted by atomic mass is 9.99. The fourth-order valence-corrected chi connectivity index (χ4v) is 3.54. The average Bonchev–Trinajstić information content (AvgIpc) is 2.80. The normalized spacial score (nSPS) is 13.0. The molecular formula is C23H31IN4O3. The summed E-state index contributed by atoms with van der Waals surface area (Å²) in [6, 6.07) is 13.9. The molecule has 31 heavy (non-hydrogen) atoms.